The number of hydrogen-bond donors (Lipinski definition) is 0. The van der Waals surface area contributed by atoms with Crippen molar-refractivity contribution in [2.45, 2.75) is 6.42 Å². The lowest BCUT2D eigenvalue weighted by atomic mass is 10.2. The molecule has 2 fully saturated rings. The molecule has 84 valence electrons. The molecule has 3 rings (SSSR count). The van der Waals surface area contributed by atoms with Crippen LogP contribution in [0.4, 0.5) is 5.69 Å². The van der Waals surface area contributed by atoms with Crippen molar-refractivity contribution in [3.63, 3.8) is 0 Å². The molecule has 1 saturated carbocycles. The number of nitrogens with zero attached hydrogens (tertiary/aromatic N) is 2. The number of anilines is 1. The molecule has 0 amide bonds. The van der Waals surface area contributed by atoms with Crippen molar-refractivity contribution in [1.82, 2.24) is 4.98 Å². The third-order valence-corrected chi connectivity index (χ3v) is 3.49. The molecule has 0 N–H and O–H groups in total. The molecule has 0 radical (unpaired) electrons. The van der Waals surface area contributed by atoms with E-state index >= 15 is 0 Å². The number of ether oxygens (including phenoxy) is 1. The largest absolute Gasteiger partial charge is 0.465 e. The van der Waals surface area contributed by atoms with Gasteiger partial charge in [0.1, 0.15) is 0 Å². The number of hydrogen-bond acceptors (Lipinski definition) is 4. The maximum absolute atomic E-state index is 11.4. The smallest absolute Gasteiger partial charge is 0.339 e. The first kappa shape index (κ1) is 9.63. The van der Waals surface area contributed by atoms with Crippen LogP contribution < -0.4 is 4.90 Å². The van der Waals surface area contributed by atoms with Crippen LogP contribution in [0.2, 0.25) is 0 Å². The van der Waals surface area contributed by atoms with E-state index in [1.54, 1.807) is 6.20 Å². The Labute approximate surface area is 94.2 Å². The van der Waals surface area contributed by atoms with E-state index in [1.807, 2.05) is 12.3 Å². The van der Waals surface area contributed by atoms with Crippen molar-refractivity contribution < 1.29 is 9.53 Å². The molecule has 0 bridgehead atoms. The zero-order valence-electron chi connectivity index (χ0n) is 9.22. The standard InChI is InChI=1S/C12H14N2O2/c1-16-12(15)8-3-11(5-13-4-8)14-6-9-2-10(9)7-14/h3-5,9-10H,2,6-7H2,1H3. The summed E-state index contributed by atoms with van der Waals surface area (Å²) in [5, 5.41) is 0. The SMILES string of the molecule is COC(=O)c1cncc(N2CC3CC3C2)c1. The maximum atomic E-state index is 11.4. The number of methoxy groups -OCH3 is 1. The minimum atomic E-state index is -0.321. The highest BCUT2D eigenvalue weighted by atomic mass is 16.5. The van der Waals surface area contributed by atoms with Gasteiger partial charge in [0.2, 0.25) is 0 Å². The van der Waals surface area contributed by atoms with Crippen molar-refractivity contribution >= 4 is 11.7 Å². The van der Waals surface area contributed by atoms with Crippen LogP contribution in [0.3, 0.4) is 0 Å². The maximum Gasteiger partial charge on any atom is 0.339 e. The number of rotatable bonds is 2. The van der Waals surface area contributed by atoms with Crippen LogP contribution in [0.25, 0.3) is 0 Å². The molecular weight excluding hydrogens is 204 g/mol. The Bertz CT molecular complexity index is 423. The van der Waals surface area contributed by atoms with Crippen molar-refractivity contribution in [3.05, 3.63) is 24.0 Å². The van der Waals surface area contributed by atoms with Gasteiger partial charge in [0.25, 0.3) is 0 Å². The number of aromatic nitrogens is 1. The Balaban J connectivity index is 1.82. The minimum Gasteiger partial charge on any atom is -0.465 e. The zero-order valence-corrected chi connectivity index (χ0v) is 9.22. The number of pyridine rings is 1. The van der Waals surface area contributed by atoms with Crippen molar-refractivity contribution in [3.8, 4) is 0 Å². The highest BCUT2D eigenvalue weighted by molar-refractivity contribution is 5.90. The van der Waals surface area contributed by atoms with E-state index in [2.05, 4.69) is 14.6 Å². The molecule has 16 heavy (non-hydrogen) atoms. The Kier molecular flexibility index (Phi) is 2.09. The molecule has 4 nitrogen and oxygen atoms in total. The summed E-state index contributed by atoms with van der Waals surface area (Å²) < 4.78 is 4.69. The van der Waals surface area contributed by atoms with Gasteiger partial charge in [0, 0.05) is 19.3 Å². The van der Waals surface area contributed by atoms with Crippen LogP contribution in [0.1, 0.15) is 16.8 Å². The van der Waals surface area contributed by atoms with E-state index in [9.17, 15) is 4.79 Å². The predicted octanol–water partition coefficient (Wildman–Crippen LogP) is 1.32. The number of carbonyl (C=O) groups excluding carboxylic acids is 1. The predicted molar refractivity (Wildman–Crippen MR) is 59.4 cm³/mol. The van der Waals surface area contributed by atoms with Gasteiger partial charge in [0.05, 0.1) is 24.6 Å². The molecule has 1 aliphatic carbocycles. The fourth-order valence-electron chi connectivity index (χ4n) is 2.44. The average molecular weight is 218 g/mol. The van der Waals surface area contributed by atoms with Crippen molar-refractivity contribution in [2.75, 3.05) is 25.1 Å². The summed E-state index contributed by atoms with van der Waals surface area (Å²) in [4.78, 5) is 17.8. The summed E-state index contributed by atoms with van der Waals surface area (Å²) in [5.41, 5.74) is 1.57. The highest BCUT2D eigenvalue weighted by Gasteiger charge is 2.45. The lowest BCUT2D eigenvalue weighted by molar-refractivity contribution is 0.0600. The van der Waals surface area contributed by atoms with Gasteiger partial charge in [-0.05, 0) is 24.3 Å². The topological polar surface area (TPSA) is 42.4 Å². The third kappa shape index (κ3) is 1.54. The van der Waals surface area contributed by atoms with E-state index in [-0.39, 0.29) is 5.97 Å². The molecule has 1 aromatic rings. The molecule has 0 spiro atoms. The molecule has 2 aliphatic rings. The summed E-state index contributed by atoms with van der Waals surface area (Å²) >= 11 is 0. The van der Waals surface area contributed by atoms with Crippen LogP contribution >= 0.6 is 0 Å². The van der Waals surface area contributed by atoms with E-state index in [0.29, 0.717) is 5.56 Å². The summed E-state index contributed by atoms with van der Waals surface area (Å²) in [6.07, 6.45) is 4.74. The molecule has 2 heterocycles. The van der Waals surface area contributed by atoms with Gasteiger partial charge in [-0.3, -0.25) is 4.98 Å². The van der Waals surface area contributed by atoms with Crippen LogP contribution in [0.5, 0.6) is 0 Å². The minimum absolute atomic E-state index is 0.321. The molecule has 1 aliphatic heterocycles. The van der Waals surface area contributed by atoms with Gasteiger partial charge in [-0.25, -0.2) is 4.79 Å². The molecule has 1 aromatic heterocycles. The second-order valence-electron chi connectivity index (χ2n) is 4.58. The van der Waals surface area contributed by atoms with Crippen LogP contribution in [-0.4, -0.2) is 31.2 Å². The number of piperidine rings is 1. The zero-order chi connectivity index (χ0) is 11.1. The normalized spacial score (nSPS) is 26.4. The Morgan fingerprint density at radius 3 is 2.88 bits per heavy atom. The van der Waals surface area contributed by atoms with Crippen LogP contribution in [0, 0.1) is 11.8 Å². The summed E-state index contributed by atoms with van der Waals surface area (Å²) in [6.45, 7) is 2.22. The quantitative estimate of drug-likeness (QED) is 0.702. The Morgan fingerprint density at radius 1 is 1.44 bits per heavy atom. The Hall–Kier alpha value is -1.58. The molecule has 1 saturated heterocycles. The Morgan fingerprint density at radius 2 is 2.19 bits per heavy atom. The van der Waals surface area contributed by atoms with E-state index in [4.69, 9.17) is 0 Å². The fraction of sp³-hybridized carbons (Fsp3) is 0.500. The first-order valence-electron chi connectivity index (χ1n) is 5.56. The number of esters is 1. The second-order valence-corrected chi connectivity index (χ2v) is 4.58. The summed E-state index contributed by atoms with van der Waals surface area (Å²) in [5.74, 6) is 1.43. The lowest BCUT2D eigenvalue weighted by Gasteiger charge is -2.19. The van der Waals surface area contributed by atoms with Crippen LogP contribution in [-0.2, 0) is 4.74 Å². The first-order valence-corrected chi connectivity index (χ1v) is 5.56. The van der Waals surface area contributed by atoms with Gasteiger partial charge < -0.3 is 9.64 Å². The molecule has 4 heteroatoms. The third-order valence-electron chi connectivity index (χ3n) is 3.49. The highest BCUT2D eigenvalue weighted by Crippen LogP contribution is 2.46. The molecular formula is C12H14N2O2. The van der Waals surface area contributed by atoms with E-state index in [0.717, 1.165) is 30.6 Å². The number of carbonyl (C=O) groups is 1. The van der Waals surface area contributed by atoms with Gasteiger partial charge in [-0.1, -0.05) is 0 Å². The number of fused-ring (bicyclic) bond motifs is 1. The van der Waals surface area contributed by atoms with Crippen molar-refractivity contribution in [1.29, 1.82) is 0 Å². The van der Waals surface area contributed by atoms with E-state index < -0.39 is 0 Å². The lowest BCUT2D eigenvalue weighted by Crippen LogP contribution is -2.22. The van der Waals surface area contributed by atoms with Gasteiger partial charge >= 0.3 is 5.97 Å². The molecule has 2 unspecified atom stereocenters. The molecule has 0 aromatic carbocycles. The second kappa shape index (κ2) is 3.47. The summed E-state index contributed by atoms with van der Waals surface area (Å²) in [7, 11) is 1.39. The van der Waals surface area contributed by atoms with E-state index in [1.165, 1.54) is 13.5 Å². The molecule has 2 atom stereocenters. The van der Waals surface area contributed by atoms with Crippen molar-refractivity contribution in [2.24, 2.45) is 11.8 Å². The van der Waals surface area contributed by atoms with Gasteiger partial charge in [-0.2, -0.15) is 0 Å². The monoisotopic (exact) mass is 218 g/mol. The van der Waals surface area contributed by atoms with Gasteiger partial charge in [0.15, 0.2) is 0 Å². The van der Waals surface area contributed by atoms with Gasteiger partial charge in [-0.15, -0.1) is 0 Å². The first-order chi connectivity index (χ1) is 7.78. The average Bonchev–Trinajstić information content (AvgIpc) is 2.95. The summed E-state index contributed by atoms with van der Waals surface area (Å²) in [6, 6.07) is 1.86. The fourth-order valence-corrected chi connectivity index (χ4v) is 2.44. The van der Waals surface area contributed by atoms with Crippen LogP contribution in [0.15, 0.2) is 18.5 Å².